The average Bonchev–Trinajstić information content (AvgIpc) is 2.13. The summed E-state index contributed by atoms with van der Waals surface area (Å²) in [7, 11) is 0. The molecule has 0 saturated heterocycles. The van der Waals surface area contributed by atoms with E-state index in [1.807, 2.05) is 0 Å². The number of halogens is 3. The van der Waals surface area contributed by atoms with Gasteiger partial charge in [0.15, 0.2) is 0 Å². The monoisotopic (exact) mass is 280 g/mol. The Balaban J connectivity index is 3.18. The Bertz CT molecular complexity index is 368. The molecule has 5 heteroatoms. The summed E-state index contributed by atoms with van der Waals surface area (Å²) in [6.45, 7) is 1.89. The molecule has 0 spiro atoms. The molecule has 0 heterocycles. The Labute approximate surface area is 94.1 Å². The zero-order valence-electron chi connectivity index (χ0n) is 7.31. The third kappa shape index (κ3) is 2.25. The molecule has 0 unspecified atom stereocenters. The minimum absolute atomic E-state index is 0.0218. The third-order valence-electron chi connectivity index (χ3n) is 1.52. The quantitative estimate of drug-likeness (QED) is 0.613. The zero-order chi connectivity index (χ0) is 10.7. The first-order valence-corrected chi connectivity index (χ1v) is 5.05. The fourth-order valence-corrected chi connectivity index (χ4v) is 1.77. The lowest BCUT2D eigenvalue weighted by atomic mass is 10.2. The summed E-state index contributed by atoms with van der Waals surface area (Å²) in [4.78, 5) is 11.3. The molecule has 0 fully saturated rings. The third-order valence-corrected chi connectivity index (χ3v) is 2.61. The van der Waals surface area contributed by atoms with Crippen LogP contribution in [0, 0.1) is 5.82 Å². The van der Waals surface area contributed by atoms with Crippen molar-refractivity contribution in [1.82, 2.24) is 0 Å². The van der Waals surface area contributed by atoms with Crippen LogP contribution in [0.3, 0.4) is 0 Å². The Morgan fingerprint density at radius 2 is 2.29 bits per heavy atom. The van der Waals surface area contributed by atoms with Crippen molar-refractivity contribution in [3.8, 4) is 0 Å². The van der Waals surface area contributed by atoms with E-state index >= 15 is 0 Å². The molecule has 0 atom stereocenters. The van der Waals surface area contributed by atoms with Crippen LogP contribution in [0.4, 0.5) is 4.39 Å². The van der Waals surface area contributed by atoms with E-state index in [4.69, 9.17) is 16.3 Å². The van der Waals surface area contributed by atoms with Crippen molar-refractivity contribution in [2.75, 3.05) is 6.61 Å². The Morgan fingerprint density at radius 1 is 1.64 bits per heavy atom. The van der Waals surface area contributed by atoms with Crippen LogP contribution in [-0.2, 0) is 4.74 Å². The highest BCUT2D eigenvalue weighted by atomic mass is 79.9. The maximum atomic E-state index is 13.0. The second-order valence-electron chi connectivity index (χ2n) is 2.44. The molecule has 1 aromatic carbocycles. The molecule has 0 aromatic heterocycles. The molecule has 1 rings (SSSR count). The van der Waals surface area contributed by atoms with Crippen molar-refractivity contribution in [1.29, 1.82) is 0 Å². The van der Waals surface area contributed by atoms with Gasteiger partial charge in [-0.05, 0) is 35.0 Å². The molecule has 2 nitrogen and oxygen atoms in total. The Morgan fingerprint density at radius 3 is 2.86 bits per heavy atom. The maximum Gasteiger partial charge on any atom is 0.340 e. The minimum Gasteiger partial charge on any atom is -0.462 e. The molecular weight excluding hydrogens is 274 g/mol. The highest BCUT2D eigenvalue weighted by Gasteiger charge is 2.18. The summed E-state index contributed by atoms with van der Waals surface area (Å²) in [5.41, 5.74) is 0.0218. The van der Waals surface area contributed by atoms with Gasteiger partial charge in [-0.25, -0.2) is 9.18 Å². The van der Waals surface area contributed by atoms with Crippen molar-refractivity contribution >= 4 is 33.5 Å². The summed E-state index contributed by atoms with van der Waals surface area (Å²) >= 11 is 8.68. The van der Waals surface area contributed by atoms with Crippen LogP contribution in [0.1, 0.15) is 17.3 Å². The van der Waals surface area contributed by atoms with Crippen molar-refractivity contribution in [2.24, 2.45) is 0 Å². The van der Waals surface area contributed by atoms with Crippen LogP contribution in [0.15, 0.2) is 16.6 Å². The van der Waals surface area contributed by atoms with Crippen LogP contribution in [0.2, 0.25) is 5.02 Å². The number of hydrogen-bond acceptors (Lipinski definition) is 2. The molecule has 0 radical (unpaired) electrons. The van der Waals surface area contributed by atoms with Crippen molar-refractivity contribution in [2.45, 2.75) is 6.92 Å². The van der Waals surface area contributed by atoms with Gasteiger partial charge in [0, 0.05) is 0 Å². The molecule has 0 N–H and O–H groups in total. The normalized spacial score (nSPS) is 10.0. The number of hydrogen-bond donors (Lipinski definition) is 0. The topological polar surface area (TPSA) is 26.3 Å². The molecule has 0 aliphatic rings. The molecule has 0 aliphatic carbocycles. The average molecular weight is 282 g/mol. The minimum atomic E-state index is -0.635. The molecule has 76 valence electrons. The van der Waals surface area contributed by atoms with Crippen LogP contribution < -0.4 is 0 Å². The van der Waals surface area contributed by atoms with Gasteiger partial charge in [-0.3, -0.25) is 0 Å². The fraction of sp³-hybridized carbons (Fsp3) is 0.222. The smallest absolute Gasteiger partial charge is 0.340 e. The van der Waals surface area contributed by atoms with Crippen molar-refractivity contribution in [3.63, 3.8) is 0 Å². The van der Waals surface area contributed by atoms with Gasteiger partial charge in [-0.15, -0.1) is 0 Å². The molecule has 0 amide bonds. The molecule has 0 saturated carbocycles. The first kappa shape index (κ1) is 11.5. The number of carbonyl (C=O) groups excluding carboxylic acids is 1. The van der Waals surface area contributed by atoms with Crippen molar-refractivity contribution < 1.29 is 13.9 Å². The van der Waals surface area contributed by atoms with E-state index in [0.717, 1.165) is 0 Å². The van der Waals surface area contributed by atoms with Gasteiger partial charge in [0.25, 0.3) is 0 Å². The summed E-state index contributed by atoms with van der Waals surface area (Å²) in [6, 6.07) is 2.49. The van der Waals surface area contributed by atoms with E-state index < -0.39 is 11.8 Å². The molecule has 0 bridgehead atoms. The summed E-state index contributed by atoms with van der Waals surface area (Å²) in [5, 5.41) is 0.164. The lowest BCUT2D eigenvalue weighted by Crippen LogP contribution is -2.07. The molecular formula is C9H7BrClFO2. The summed E-state index contributed by atoms with van der Waals surface area (Å²) in [6.07, 6.45) is 0. The van der Waals surface area contributed by atoms with Gasteiger partial charge >= 0.3 is 5.97 Å². The number of benzene rings is 1. The zero-order valence-corrected chi connectivity index (χ0v) is 9.65. The van der Waals surface area contributed by atoms with E-state index in [2.05, 4.69) is 15.9 Å². The largest absolute Gasteiger partial charge is 0.462 e. The van der Waals surface area contributed by atoms with E-state index in [1.54, 1.807) is 6.92 Å². The van der Waals surface area contributed by atoms with Crippen LogP contribution in [0.5, 0.6) is 0 Å². The van der Waals surface area contributed by atoms with E-state index in [-0.39, 0.29) is 21.7 Å². The second-order valence-corrected chi connectivity index (χ2v) is 3.64. The first-order valence-electron chi connectivity index (χ1n) is 3.88. The lowest BCUT2D eigenvalue weighted by molar-refractivity contribution is 0.0525. The molecule has 14 heavy (non-hydrogen) atoms. The van der Waals surface area contributed by atoms with Crippen LogP contribution in [0.25, 0.3) is 0 Å². The summed E-state index contributed by atoms with van der Waals surface area (Å²) in [5.74, 6) is -1.18. The fourth-order valence-electron chi connectivity index (χ4n) is 0.917. The predicted octanol–water partition coefficient (Wildman–Crippen LogP) is 3.42. The summed E-state index contributed by atoms with van der Waals surface area (Å²) < 4.78 is 17.8. The van der Waals surface area contributed by atoms with E-state index in [1.165, 1.54) is 12.1 Å². The van der Waals surface area contributed by atoms with Gasteiger partial charge in [0.2, 0.25) is 0 Å². The lowest BCUT2D eigenvalue weighted by Gasteiger charge is -2.06. The highest BCUT2D eigenvalue weighted by Crippen LogP contribution is 2.28. The first-order chi connectivity index (χ1) is 6.57. The standard InChI is InChI=1S/C9H7BrClFO2/c1-2-14-9(13)7-5(11)3-4-6(12)8(7)10/h3-4H,2H2,1H3. The number of rotatable bonds is 2. The van der Waals surface area contributed by atoms with Gasteiger partial charge in [0.05, 0.1) is 21.7 Å². The number of ether oxygens (including phenoxy) is 1. The number of carbonyl (C=O) groups is 1. The molecule has 1 aromatic rings. The van der Waals surface area contributed by atoms with E-state index in [0.29, 0.717) is 0 Å². The van der Waals surface area contributed by atoms with E-state index in [9.17, 15) is 9.18 Å². The van der Waals surface area contributed by atoms with Gasteiger partial charge in [0.1, 0.15) is 5.82 Å². The van der Waals surface area contributed by atoms with Crippen molar-refractivity contribution in [3.05, 3.63) is 33.0 Å². The number of esters is 1. The molecule has 0 aliphatic heterocycles. The van der Waals surface area contributed by atoms with Crippen LogP contribution in [-0.4, -0.2) is 12.6 Å². The highest BCUT2D eigenvalue weighted by molar-refractivity contribution is 9.10. The SMILES string of the molecule is CCOC(=O)c1c(Cl)ccc(F)c1Br. The van der Waals surface area contributed by atoms with Gasteiger partial charge < -0.3 is 4.74 Å². The maximum absolute atomic E-state index is 13.0. The van der Waals surface area contributed by atoms with Crippen LogP contribution >= 0.6 is 27.5 Å². The van der Waals surface area contributed by atoms with Gasteiger partial charge in [-0.2, -0.15) is 0 Å². The second kappa shape index (κ2) is 4.75. The Hall–Kier alpha value is -0.610. The Kier molecular flexibility index (Phi) is 3.89. The van der Waals surface area contributed by atoms with Gasteiger partial charge in [-0.1, -0.05) is 11.6 Å². The predicted molar refractivity (Wildman–Crippen MR) is 55.1 cm³/mol.